The molecule has 0 N–H and O–H groups in total. The average molecular weight is 299 g/mol. The summed E-state index contributed by atoms with van der Waals surface area (Å²) in [5.74, 6) is -5.35. The zero-order valence-electron chi connectivity index (χ0n) is 10.5. The third kappa shape index (κ3) is 2.27. The van der Waals surface area contributed by atoms with E-state index < -0.39 is 35.4 Å². The number of halogens is 4. The second-order valence-electron chi connectivity index (χ2n) is 4.05. The lowest BCUT2D eigenvalue weighted by molar-refractivity contribution is 0.435. The number of rotatable bonds is 4. The molecule has 0 radical (unpaired) electrons. The van der Waals surface area contributed by atoms with Crippen LogP contribution in [0.5, 0.6) is 0 Å². The van der Waals surface area contributed by atoms with Gasteiger partial charge in [-0.2, -0.15) is 8.78 Å². The van der Waals surface area contributed by atoms with Gasteiger partial charge in [-0.15, -0.1) is 12.6 Å². The second kappa shape index (κ2) is 5.79. The van der Waals surface area contributed by atoms with Gasteiger partial charge in [-0.1, -0.05) is 0 Å². The molecule has 0 fully saturated rings. The van der Waals surface area contributed by atoms with E-state index in [0.29, 0.717) is 18.5 Å². The average Bonchev–Trinajstić information content (AvgIpc) is 2.39. The zero-order chi connectivity index (χ0) is 14.1. The van der Waals surface area contributed by atoms with E-state index in [-0.39, 0.29) is 5.30 Å². The Kier molecular flexibility index (Phi) is 5.07. The maximum Gasteiger partial charge on any atom is 0.205 e. The van der Waals surface area contributed by atoms with Crippen LogP contribution in [0.1, 0.15) is 20.8 Å². The van der Waals surface area contributed by atoms with Gasteiger partial charge in [0.15, 0.2) is 16.9 Å². The number of thiol groups is 1. The summed E-state index contributed by atoms with van der Waals surface area (Å²) in [6.45, 7) is 5.39. The van der Waals surface area contributed by atoms with Gasteiger partial charge in [0.05, 0.1) is 30.6 Å². The van der Waals surface area contributed by atoms with Gasteiger partial charge in [-0.05, 0) is 20.8 Å². The number of hydrogen-bond donors (Lipinski definition) is 1. The molecule has 102 valence electrons. The van der Waals surface area contributed by atoms with E-state index in [9.17, 15) is 17.6 Å². The molecule has 0 aromatic heterocycles. The van der Waals surface area contributed by atoms with Gasteiger partial charge < -0.3 is 0 Å². The third-order valence-corrected chi connectivity index (χ3v) is 8.87. The summed E-state index contributed by atoms with van der Waals surface area (Å²) in [6.07, 6.45) is 1.54. The van der Waals surface area contributed by atoms with Crippen LogP contribution in [0.25, 0.3) is 0 Å². The van der Waals surface area contributed by atoms with E-state index in [0.717, 1.165) is 0 Å². The van der Waals surface area contributed by atoms with Crippen LogP contribution in [0.3, 0.4) is 0 Å². The van der Waals surface area contributed by atoms with Crippen molar-refractivity contribution in [3.05, 3.63) is 23.3 Å². The predicted molar refractivity (Wildman–Crippen MR) is 71.7 cm³/mol. The Morgan fingerprint density at radius 3 is 1.39 bits per heavy atom. The normalized spacial score (nSPS) is 12.0. The highest BCUT2D eigenvalue weighted by molar-refractivity contribution is 7.83. The minimum atomic E-state index is -2.20. The van der Waals surface area contributed by atoms with E-state index in [1.165, 1.54) is 0 Å². The summed E-state index contributed by atoms with van der Waals surface area (Å²) < 4.78 is 55.0. The fourth-order valence-electron chi connectivity index (χ4n) is 2.17. The lowest BCUT2D eigenvalue weighted by atomic mass is 10.3. The molecular weight excluding hydrogens is 283 g/mol. The van der Waals surface area contributed by atoms with Gasteiger partial charge in [0.25, 0.3) is 0 Å². The molecule has 0 atom stereocenters. The Labute approximate surface area is 111 Å². The van der Waals surface area contributed by atoms with Crippen molar-refractivity contribution in [3.63, 3.8) is 0 Å². The van der Waals surface area contributed by atoms with Gasteiger partial charge in [-0.3, -0.25) is 0 Å². The topological polar surface area (TPSA) is 0 Å². The standard InChI is InChI=1S/C12H15F4PS/c1-4-17(5-2,6-3)11-7(13)9(15)12(18)10(16)8(11)14/h4-6H2,1-3H3/p+1. The lowest BCUT2D eigenvalue weighted by Gasteiger charge is -2.24. The van der Waals surface area contributed by atoms with E-state index in [2.05, 4.69) is 12.6 Å². The van der Waals surface area contributed by atoms with Crippen LogP contribution in [-0.4, -0.2) is 18.5 Å². The smallest absolute Gasteiger partial charge is 0.202 e. The maximum atomic E-state index is 14.0. The van der Waals surface area contributed by atoms with Crippen molar-refractivity contribution in [2.75, 3.05) is 18.5 Å². The van der Waals surface area contributed by atoms with E-state index >= 15 is 0 Å². The fraction of sp³-hybridized carbons (Fsp3) is 0.500. The van der Waals surface area contributed by atoms with Crippen molar-refractivity contribution in [1.29, 1.82) is 0 Å². The first-order chi connectivity index (χ1) is 8.36. The highest BCUT2D eigenvalue weighted by Gasteiger charge is 2.43. The number of benzene rings is 1. The van der Waals surface area contributed by atoms with Crippen LogP contribution in [-0.2, 0) is 0 Å². The fourth-order valence-corrected chi connectivity index (χ4v) is 5.69. The molecule has 0 spiro atoms. The molecular formula is C12H16F4PS+. The molecule has 1 aromatic carbocycles. The van der Waals surface area contributed by atoms with Gasteiger partial charge in [0.1, 0.15) is 0 Å². The largest absolute Gasteiger partial charge is 0.205 e. The van der Waals surface area contributed by atoms with E-state index in [4.69, 9.17) is 0 Å². The first kappa shape index (κ1) is 15.8. The molecule has 0 aliphatic carbocycles. The summed E-state index contributed by atoms with van der Waals surface area (Å²) in [5.41, 5.74) is 0. The molecule has 18 heavy (non-hydrogen) atoms. The van der Waals surface area contributed by atoms with Crippen molar-refractivity contribution < 1.29 is 17.6 Å². The summed E-state index contributed by atoms with van der Waals surface area (Å²) in [4.78, 5) is -0.893. The summed E-state index contributed by atoms with van der Waals surface area (Å²) in [5, 5.41) is -0.386. The summed E-state index contributed by atoms with van der Waals surface area (Å²) >= 11 is 3.46. The molecule has 0 unspecified atom stereocenters. The molecule has 1 rings (SSSR count). The van der Waals surface area contributed by atoms with Crippen LogP contribution in [0, 0.1) is 23.3 Å². The van der Waals surface area contributed by atoms with Gasteiger partial charge in [-0.25, -0.2) is 8.78 Å². The predicted octanol–water partition coefficient (Wildman–Crippen LogP) is 4.23. The Morgan fingerprint density at radius 2 is 1.11 bits per heavy atom. The van der Waals surface area contributed by atoms with E-state index in [1.807, 2.05) is 0 Å². The van der Waals surface area contributed by atoms with Crippen LogP contribution in [0.4, 0.5) is 17.6 Å². The van der Waals surface area contributed by atoms with Crippen LogP contribution < -0.4 is 5.30 Å². The maximum absolute atomic E-state index is 14.0. The Bertz CT molecular complexity index is 421. The quantitative estimate of drug-likeness (QED) is 0.366. The Morgan fingerprint density at radius 1 is 0.778 bits per heavy atom. The zero-order valence-corrected chi connectivity index (χ0v) is 12.3. The molecule has 6 heteroatoms. The third-order valence-electron chi connectivity index (χ3n) is 3.51. The van der Waals surface area contributed by atoms with Gasteiger partial charge >= 0.3 is 0 Å². The molecule has 0 saturated heterocycles. The summed E-state index contributed by atoms with van der Waals surface area (Å²) in [7, 11) is -2.20. The molecule has 0 saturated carbocycles. The molecule has 0 amide bonds. The monoisotopic (exact) mass is 299 g/mol. The van der Waals surface area contributed by atoms with Gasteiger partial charge in [0, 0.05) is 0 Å². The van der Waals surface area contributed by atoms with Crippen LogP contribution in [0.2, 0.25) is 0 Å². The van der Waals surface area contributed by atoms with Gasteiger partial charge in [0.2, 0.25) is 11.6 Å². The van der Waals surface area contributed by atoms with Crippen LogP contribution >= 0.6 is 19.9 Å². The second-order valence-corrected chi connectivity index (χ2v) is 9.13. The molecule has 0 aliphatic rings. The van der Waals surface area contributed by atoms with Crippen molar-refractivity contribution >= 4 is 25.2 Å². The Hall–Kier alpha value is -0.280. The molecule has 1 aromatic rings. The van der Waals surface area contributed by atoms with Crippen molar-refractivity contribution in [2.45, 2.75) is 25.7 Å². The van der Waals surface area contributed by atoms with Crippen LogP contribution in [0.15, 0.2) is 4.90 Å². The lowest BCUT2D eigenvalue weighted by Crippen LogP contribution is -2.27. The molecule has 0 nitrogen and oxygen atoms in total. The minimum absolute atomic E-state index is 0.386. The minimum Gasteiger partial charge on any atom is -0.202 e. The first-order valence-electron chi connectivity index (χ1n) is 5.77. The number of hydrogen-bond acceptors (Lipinski definition) is 1. The molecule has 0 heterocycles. The summed E-state index contributed by atoms with van der Waals surface area (Å²) in [6, 6.07) is 0. The highest BCUT2D eigenvalue weighted by Crippen LogP contribution is 2.58. The van der Waals surface area contributed by atoms with Crippen molar-refractivity contribution in [1.82, 2.24) is 0 Å². The van der Waals surface area contributed by atoms with Crippen molar-refractivity contribution in [2.24, 2.45) is 0 Å². The van der Waals surface area contributed by atoms with E-state index in [1.54, 1.807) is 20.8 Å². The SMILES string of the molecule is CC[P+](CC)(CC)c1c(F)c(F)c(S)c(F)c1F. The highest BCUT2D eigenvalue weighted by atomic mass is 32.1. The van der Waals surface area contributed by atoms with Crippen molar-refractivity contribution in [3.8, 4) is 0 Å². The molecule has 0 bridgehead atoms. The Balaban J connectivity index is 3.69. The molecule has 0 aliphatic heterocycles. The first-order valence-corrected chi connectivity index (χ1v) is 8.56.